The number of allylic oxidation sites excluding steroid dienone is 8. The van der Waals surface area contributed by atoms with Crippen molar-refractivity contribution in [2.75, 3.05) is 0 Å². The molecule has 1 aliphatic heterocycles. The highest BCUT2D eigenvalue weighted by Gasteiger charge is 2.18. The lowest BCUT2D eigenvalue weighted by molar-refractivity contribution is 0.703. The summed E-state index contributed by atoms with van der Waals surface area (Å²) in [6, 6.07) is 0.442. The Kier molecular flexibility index (Phi) is 11.9. The number of unbranched alkanes of at least 4 members (excludes halogenated alkanes) is 1. The third-order valence-corrected chi connectivity index (χ3v) is 4.60. The van der Waals surface area contributed by atoms with Gasteiger partial charge in [0.05, 0.1) is 6.04 Å². The minimum absolute atomic E-state index is 0.442. The summed E-state index contributed by atoms with van der Waals surface area (Å²) in [4.78, 5) is 5.05. The summed E-state index contributed by atoms with van der Waals surface area (Å²) in [5.74, 6) is 0.979. The number of aliphatic imine (C=N–C) groups is 1. The van der Waals surface area contributed by atoms with Gasteiger partial charge in [0.15, 0.2) is 0 Å². The number of rotatable bonds is 7. The van der Waals surface area contributed by atoms with Crippen LogP contribution >= 0.6 is 0 Å². The molecule has 0 aromatic heterocycles. The molecule has 2 rings (SSSR count). The van der Waals surface area contributed by atoms with E-state index in [2.05, 4.69) is 55.3 Å². The van der Waals surface area contributed by atoms with Gasteiger partial charge in [-0.15, -0.1) is 0 Å². The minimum Gasteiger partial charge on any atom is -0.340 e. The average Bonchev–Trinajstić information content (AvgIpc) is 3.14. The molecular weight excluding hydrogens is 328 g/mol. The van der Waals surface area contributed by atoms with Gasteiger partial charge in [0, 0.05) is 11.3 Å². The van der Waals surface area contributed by atoms with Gasteiger partial charge in [-0.2, -0.15) is 0 Å². The van der Waals surface area contributed by atoms with Crippen LogP contribution in [-0.4, -0.2) is 11.9 Å². The second-order valence-electron chi connectivity index (χ2n) is 6.62. The Labute approximate surface area is 167 Å². The topological polar surface area (TPSA) is 24.4 Å². The van der Waals surface area contributed by atoms with Crippen LogP contribution in [0.15, 0.2) is 77.0 Å². The third kappa shape index (κ3) is 7.99. The largest absolute Gasteiger partial charge is 0.340 e. The molecule has 1 heterocycles. The van der Waals surface area contributed by atoms with Gasteiger partial charge in [-0.25, -0.2) is 0 Å². The molecule has 1 aliphatic carbocycles. The van der Waals surface area contributed by atoms with Gasteiger partial charge in [-0.1, -0.05) is 89.1 Å². The van der Waals surface area contributed by atoms with Crippen LogP contribution in [0, 0.1) is 0 Å². The van der Waals surface area contributed by atoms with Crippen LogP contribution in [0.4, 0.5) is 0 Å². The summed E-state index contributed by atoms with van der Waals surface area (Å²) in [5, 5.41) is 3.57. The van der Waals surface area contributed by atoms with E-state index in [0.717, 1.165) is 29.9 Å². The van der Waals surface area contributed by atoms with Crippen LogP contribution in [0.3, 0.4) is 0 Å². The van der Waals surface area contributed by atoms with E-state index in [1.807, 2.05) is 32.9 Å². The Morgan fingerprint density at radius 1 is 1.19 bits per heavy atom. The Morgan fingerprint density at radius 3 is 2.56 bits per heavy atom. The molecule has 148 valence electrons. The quantitative estimate of drug-likeness (QED) is 0.473. The zero-order chi connectivity index (χ0) is 19.9. The van der Waals surface area contributed by atoms with Gasteiger partial charge in [-0.05, 0) is 44.3 Å². The maximum atomic E-state index is 5.05. The zero-order valence-corrected chi connectivity index (χ0v) is 17.8. The molecule has 0 unspecified atom stereocenters. The van der Waals surface area contributed by atoms with Crippen LogP contribution in [0.5, 0.6) is 0 Å². The number of amidine groups is 1. The second kappa shape index (κ2) is 14.0. The lowest BCUT2D eigenvalue weighted by Crippen LogP contribution is -2.25. The summed E-state index contributed by atoms with van der Waals surface area (Å²) >= 11 is 0. The Balaban J connectivity index is 0.00000176. The molecule has 0 spiro atoms. The Bertz CT molecular complexity index is 621. The van der Waals surface area contributed by atoms with Crippen LogP contribution in [0.2, 0.25) is 0 Å². The van der Waals surface area contributed by atoms with Gasteiger partial charge >= 0.3 is 0 Å². The van der Waals surface area contributed by atoms with Crippen molar-refractivity contribution in [1.82, 2.24) is 5.32 Å². The molecule has 0 aromatic carbocycles. The van der Waals surface area contributed by atoms with Gasteiger partial charge in [-0.3, -0.25) is 4.99 Å². The fourth-order valence-corrected chi connectivity index (χ4v) is 3.21. The zero-order valence-electron chi connectivity index (χ0n) is 17.8. The molecule has 0 aromatic rings. The molecule has 0 bridgehead atoms. The molecule has 0 atom stereocenters. The maximum absolute atomic E-state index is 5.05. The van der Waals surface area contributed by atoms with Gasteiger partial charge in [0.1, 0.15) is 5.84 Å². The van der Waals surface area contributed by atoms with Gasteiger partial charge < -0.3 is 5.32 Å². The van der Waals surface area contributed by atoms with Crippen molar-refractivity contribution in [3.8, 4) is 0 Å². The first-order chi connectivity index (χ1) is 13.3. The minimum atomic E-state index is 0.442. The molecule has 2 nitrogen and oxygen atoms in total. The summed E-state index contributed by atoms with van der Waals surface area (Å²) in [5.41, 5.74) is 3.53. The molecule has 0 radical (unpaired) electrons. The van der Waals surface area contributed by atoms with Crippen molar-refractivity contribution < 1.29 is 0 Å². The van der Waals surface area contributed by atoms with Crippen molar-refractivity contribution in [3.63, 3.8) is 0 Å². The Hall–Kier alpha value is -2.09. The second-order valence-corrected chi connectivity index (χ2v) is 6.62. The first kappa shape index (κ1) is 23.0. The van der Waals surface area contributed by atoms with E-state index in [-0.39, 0.29) is 0 Å². The smallest absolute Gasteiger partial charge is 0.133 e. The van der Waals surface area contributed by atoms with Crippen LogP contribution < -0.4 is 5.32 Å². The molecule has 2 heteroatoms. The van der Waals surface area contributed by atoms with E-state index >= 15 is 0 Å². The van der Waals surface area contributed by atoms with Crippen molar-refractivity contribution in [2.45, 2.75) is 78.7 Å². The fourth-order valence-electron chi connectivity index (χ4n) is 3.21. The van der Waals surface area contributed by atoms with Gasteiger partial charge in [0.2, 0.25) is 0 Å². The molecule has 27 heavy (non-hydrogen) atoms. The summed E-state index contributed by atoms with van der Waals surface area (Å²) < 4.78 is 0. The Morgan fingerprint density at radius 2 is 1.93 bits per heavy atom. The predicted octanol–water partition coefficient (Wildman–Crippen LogP) is 7.20. The first-order valence-corrected chi connectivity index (χ1v) is 10.6. The highest BCUT2D eigenvalue weighted by atomic mass is 15.0. The molecule has 1 N–H and O–H groups in total. The van der Waals surface area contributed by atoms with E-state index in [4.69, 9.17) is 4.99 Å². The van der Waals surface area contributed by atoms with Crippen molar-refractivity contribution >= 4 is 5.84 Å². The fraction of sp³-hybridized carbons (Fsp3) is 0.480. The average molecular weight is 367 g/mol. The lowest BCUT2D eigenvalue weighted by Gasteiger charge is -2.14. The molecule has 0 saturated heterocycles. The third-order valence-electron chi connectivity index (χ3n) is 4.60. The number of nitrogens with zero attached hydrogens (tertiary/aromatic N) is 1. The van der Waals surface area contributed by atoms with Crippen LogP contribution in [0.1, 0.15) is 72.6 Å². The normalized spacial score (nSPS) is 20.1. The molecule has 1 fully saturated rings. The van der Waals surface area contributed by atoms with E-state index in [0.29, 0.717) is 6.04 Å². The number of hydrogen-bond donors (Lipinski definition) is 1. The molecule has 0 amide bonds. The van der Waals surface area contributed by atoms with Crippen molar-refractivity contribution in [2.24, 2.45) is 4.99 Å². The highest BCUT2D eigenvalue weighted by Crippen LogP contribution is 2.24. The van der Waals surface area contributed by atoms with E-state index in [1.165, 1.54) is 37.7 Å². The summed E-state index contributed by atoms with van der Waals surface area (Å²) in [6.45, 7) is 12.3. The predicted molar refractivity (Wildman–Crippen MR) is 122 cm³/mol. The van der Waals surface area contributed by atoms with E-state index in [9.17, 15) is 0 Å². The number of nitrogens with one attached hydrogen (secondary N) is 1. The van der Waals surface area contributed by atoms with Crippen molar-refractivity contribution in [1.29, 1.82) is 0 Å². The van der Waals surface area contributed by atoms with E-state index < -0.39 is 0 Å². The highest BCUT2D eigenvalue weighted by molar-refractivity contribution is 6.03. The molecule has 2 aliphatic rings. The van der Waals surface area contributed by atoms with Crippen molar-refractivity contribution in [3.05, 3.63) is 72.0 Å². The lowest BCUT2D eigenvalue weighted by atomic mass is 10.0. The maximum Gasteiger partial charge on any atom is 0.133 e. The monoisotopic (exact) mass is 366 g/mol. The summed E-state index contributed by atoms with van der Waals surface area (Å²) in [7, 11) is 0. The first-order valence-electron chi connectivity index (χ1n) is 10.6. The number of hydrogen-bond acceptors (Lipinski definition) is 1. The van der Waals surface area contributed by atoms with Crippen LogP contribution in [0.25, 0.3) is 0 Å². The van der Waals surface area contributed by atoms with E-state index in [1.54, 1.807) is 0 Å². The molecule has 1 saturated carbocycles. The summed E-state index contributed by atoms with van der Waals surface area (Å²) in [6.07, 6.45) is 25.1. The standard InChI is InChI=1S/C23H32N2.C2H6/c1-4-7-9-13-19-17-18-21(14-10-8-5-2)25-23(22(19)6-3)24-20-15-11-12-16-20;1-2/h4,6-7,9-10,13-14,18,20H,3,5,8,11-12,15-17H2,1-2H3,(H,24,25);1-2H3/b7-4+,13-9-,14-10+;. The SMILES string of the molecule is C=CC1=C(/C=C\C=C\C)CC=C(/C=C/CCC)NC1=NC1CCCC1.CC. The van der Waals surface area contributed by atoms with Gasteiger partial charge in [0.25, 0.3) is 0 Å². The molecular formula is C25H38N2. The van der Waals surface area contributed by atoms with Crippen LogP contribution in [-0.2, 0) is 0 Å².